The quantitative estimate of drug-likeness (QED) is 0.0869. The average Bonchev–Trinajstić information content (AvgIpc) is 3.72. The number of hydrogen-bond donors (Lipinski definition) is 2. The zero-order chi connectivity index (χ0) is 39.6. The predicted molar refractivity (Wildman–Crippen MR) is 209 cm³/mol. The second-order valence-electron chi connectivity index (χ2n) is 14.3. The number of hydrogen-bond acceptors (Lipinski definition) is 11. The SMILES string of the molecule is Nc1ncnc2c1c(-c1ccc(Oc3ccccc3)cc1)nn2[C@@H]1CCCN(C(=O)CCCCCSc2cc(F)c3c(c2)C(=O)N(C2CCC(=O)NC2=O)C3=O)C1. The minimum Gasteiger partial charge on any atom is -0.457 e. The molecule has 3 N–H and O–H groups in total. The van der Waals surface area contributed by atoms with Gasteiger partial charge in [0.15, 0.2) is 5.65 Å². The van der Waals surface area contributed by atoms with Crippen LogP contribution in [0.5, 0.6) is 11.5 Å². The highest BCUT2D eigenvalue weighted by Crippen LogP contribution is 2.36. The number of nitrogen functional groups attached to an aromatic ring is 1. The van der Waals surface area contributed by atoms with Gasteiger partial charge in [0.2, 0.25) is 17.7 Å². The summed E-state index contributed by atoms with van der Waals surface area (Å²) < 4.78 is 23.0. The summed E-state index contributed by atoms with van der Waals surface area (Å²) in [5.74, 6) is -1.25. The lowest BCUT2D eigenvalue weighted by molar-refractivity contribution is -0.136. The maximum atomic E-state index is 15.1. The molecule has 2 fully saturated rings. The molecule has 0 radical (unpaired) electrons. The number of amides is 5. The lowest BCUT2D eigenvalue weighted by Crippen LogP contribution is -2.54. The van der Waals surface area contributed by atoms with Crippen molar-refractivity contribution in [2.24, 2.45) is 0 Å². The highest BCUT2D eigenvalue weighted by atomic mass is 32.2. The number of benzene rings is 3. The van der Waals surface area contributed by atoms with E-state index in [0.717, 1.165) is 41.9 Å². The van der Waals surface area contributed by atoms with E-state index in [9.17, 15) is 24.0 Å². The van der Waals surface area contributed by atoms with E-state index in [1.165, 1.54) is 30.2 Å². The Hall–Kier alpha value is -6.16. The normalized spacial score (nSPS) is 18.3. The Morgan fingerprint density at radius 3 is 2.53 bits per heavy atom. The Kier molecular flexibility index (Phi) is 10.7. The van der Waals surface area contributed by atoms with Crippen LogP contribution in [0, 0.1) is 5.82 Å². The van der Waals surface area contributed by atoms with Crippen LogP contribution in [-0.4, -0.2) is 84.0 Å². The van der Waals surface area contributed by atoms with Crippen LogP contribution in [0.15, 0.2) is 78.0 Å². The van der Waals surface area contributed by atoms with E-state index in [4.69, 9.17) is 15.6 Å². The van der Waals surface area contributed by atoms with Gasteiger partial charge in [-0.2, -0.15) is 5.10 Å². The van der Waals surface area contributed by atoms with Crippen molar-refractivity contribution in [1.82, 2.24) is 34.9 Å². The fraction of sp³-hybridized carbons (Fsp3) is 0.317. The Morgan fingerprint density at radius 1 is 0.947 bits per heavy atom. The van der Waals surface area contributed by atoms with Crippen molar-refractivity contribution in [3.8, 4) is 22.8 Å². The zero-order valence-electron chi connectivity index (χ0n) is 30.9. The van der Waals surface area contributed by atoms with Gasteiger partial charge in [-0.3, -0.25) is 34.2 Å². The number of rotatable bonds is 12. The number of carbonyl (C=O) groups excluding carboxylic acids is 5. The number of ether oxygens (including phenoxy) is 1. The first-order chi connectivity index (χ1) is 27.7. The molecule has 5 heterocycles. The number of fused-ring (bicyclic) bond motifs is 2. The van der Waals surface area contributed by atoms with E-state index in [-0.39, 0.29) is 35.9 Å². The molecule has 57 heavy (non-hydrogen) atoms. The van der Waals surface area contributed by atoms with E-state index in [1.807, 2.05) is 64.2 Å². The van der Waals surface area contributed by atoms with Gasteiger partial charge in [0, 0.05) is 36.4 Å². The second-order valence-corrected chi connectivity index (χ2v) is 15.4. The largest absolute Gasteiger partial charge is 0.457 e. The number of nitrogens with one attached hydrogen (secondary N) is 1. The highest BCUT2D eigenvalue weighted by Gasteiger charge is 2.46. The fourth-order valence-electron chi connectivity index (χ4n) is 7.65. The van der Waals surface area contributed by atoms with Crippen LogP contribution in [-0.2, 0) is 14.4 Å². The van der Waals surface area contributed by atoms with Crippen LogP contribution in [0.25, 0.3) is 22.3 Å². The smallest absolute Gasteiger partial charge is 0.265 e. The zero-order valence-corrected chi connectivity index (χ0v) is 31.7. The van der Waals surface area contributed by atoms with Gasteiger partial charge in [-0.25, -0.2) is 19.0 Å². The minimum absolute atomic E-state index is 0.00385. The number of carbonyl (C=O) groups is 5. The average molecular weight is 791 g/mol. The Balaban J connectivity index is 0.846. The molecular weight excluding hydrogens is 752 g/mol. The number of thioether (sulfide) groups is 1. The van der Waals surface area contributed by atoms with Crippen molar-refractivity contribution >= 4 is 58.1 Å². The summed E-state index contributed by atoms with van der Waals surface area (Å²) >= 11 is 1.35. The molecule has 2 saturated heterocycles. The Labute approximate surface area is 331 Å². The van der Waals surface area contributed by atoms with Crippen molar-refractivity contribution in [2.45, 2.75) is 68.3 Å². The van der Waals surface area contributed by atoms with Crippen molar-refractivity contribution < 1.29 is 33.1 Å². The molecule has 0 aliphatic carbocycles. The molecule has 292 valence electrons. The van der Waals surface area contributed by atoms with Gasteiger partial charge in [-0.15, -0.1) is 11.8 Å². The fourth-order valence-corrected chi connectivity index (χ4v) is 8.62. The molecular formula is C41H39FN8O6S. The maximum Gasteiger partial charge on any atom is 0.265 e. The van der Waals surface area contributed by atoms with E-state index < -0.39 is 35.5 Å². The number of nitrogens with zero attached hydrogens (tertiary/aromatic N) is 6. The van der Waals surface area contributed by atoms with Crippen LogP contribution in [0.1, 0.15) is 78.1 Å². The third kappa shape index (κ3) is 7.68. The molecule has 1 unspecified atom stereocenters. The van der Waals surface area contributed by atoms with Gasteiger partial charge < -0.3 is 15.4 Å². The number of nitrogens with two attached hydrogens (primary N) is 1. The Bertz CT molecular complexity index is 2390. The molecule has 3 aliphatic heterocycles. The summed E-state index contributed by atoms with van der Waals surface area (Å²) in [6, 6.07) is 18.6. The van der Waals surface area contributed by atoms with Crippen molar-refractivity contribution in [3.63, 3.8) is 0 Å². The van der Waals surface area contributed by atoms with E-state index >= 15 is 4.39 Å². The number of para-hydroxylation sites is 1. The molecule has 5 aromatic rings. The van der Waals surface area contributed by atoms with Crippen molar-refractivity contribution in [1.29, 1.82) is 0 Å². The molecule has 8 rings (SSSR count). The molecule has 0 saturated carbocycles. The van der Waals surface area contributed by atoms with Gasteiger partial charge in [-0.05, 0) is 86.4 Å². The van der Waals surface area contributed by atoms with Crippen molar-refractivity contribution in [2.75, 3.05) is 24.6 Å². The van der Waals surface area contributed by atoms with Gasteiger partial charge in [0.25, 0.3) is 11.8 Å². The summed E-state index contributed by atoms with van der Waals surface area (Å²) in [6.45, 7) is 1.15. The monoisotopic (exact) mass is 790 g/mol. The maximum absolute atomic E-state index is 15.1. The van der Waals surface area contributed by atoms with Gasteiger partial charge in [-0.1, -0.05) is 24.6 Å². The lowest BCUT2D eigenvalue weighted by atomic mass is 10.0. The topological polar surface area (TPSA) is 183 Å². The van der Waals surface area contributed by atoms with Crippen LogP contribution < -0.4 is 15.8 Å². The molecule has 2 atom stereocenters. The number of imide groups is 2. The summed E-state index contributed by atoms with van der Waals surface area (Å²) in [6.07, 6.45) is 5.62. The predicted octanol–water partition coefficient (Wildman–Crippen LogP) is 5.92. The highest BCUT2D eigenvalue weighted by molar-refractivity contribution is 7.99. The van der Waals surface area contributed by atoms with Crippen LogP contribution in [0.4, 0.5) is 10.2 Å². The first-order valence-corrected chi connectivity index (χ1v) is 19.9. The van der Waals surface area contributed by atoms with E-state index in [2.05, 4.69) is 15.3 Å². The number of piperidine rings is 2. The molecule has 14 nitrogen and oxygen atoms in total. The first-order valence-electron chi connectivity index (χ1n) is 18.9. The number of likely N-dealkylation sites (tertiary alicyclic amines) is 1. The molecule has 16 heteroatoms. The molecule has 0 spiro atoms. The summed E-state index contributed by atoms with van der Waals surface area (Å²) in [4.78, 5) is 75.4. The van der Waals surface area contributed by atoms with Gasteiger partial charge in [0.05, 0.1) is 22.6 Å². The summed E-state index contributed by atoms with van der Waals surface area (Å²) in [7, 11) is 0. The van der Waals surface area contributed by atoms with E-state index in [1.54, 1.807) is 0 Å². The molecule has 3 aliphatic rings. The van der Waals surface area contributed by atoms with Crippen LogP contribution in [0.2, 0.25) is 0 Å². The van der Waals surface area contributed by atoms with Crippen molar-refractivity contribution in [3.05, 3.63) is 90.0 Å². The molecule has 2 aromatic heterocycles. The molecule has 3 aromatic carbocycles. The number of aromatic nitrogens is 4. The second kappa shape index (κ2) is 16.1. The Morgan fingerprint density at radius 2 is 1.74 bits per heavy atom. The number of anilines is 1. The molecule has 0 bridgehead atoms. The summed E-state index contributed by atoms with van der Waals surface area (Å²) in [5.41, 5.74) is 8.05. The van der Waals surface area contributed by atoms with E-state index in [0.29, 0.717) is 64.9 Å². The van der Waals surface area contributed by atoms with Crippen LogP contribution in [0.3, 0.4) is 0 Å². The molecule has 5 amide bonds. The number of halogens is 1. The summed E-state index contributed by atoms with van der Waals surface area (Å²) in [5, 5.41) is 7.80. The van der Waals surface area contributed by atoms with Gasteiger partial charge in [0.1, 0.15) is 41.2 Å². The van der Waals surface area contributed by atoms with Crippen LogP contribution >= 0.6 is 11.8 Å². The standard InChI is InChI=1S/C41H39FN8O6S/c42-30-21-28(20-29-34(30)41(55)49(40(29)54)31-16-17-32(51)46-39(31)53)57-19-6-2-5-11-33(52)48-18-7-8-25(22-48)50-38-35(37(43)44-23-45-38)36(47-50)24-12-14-27(15-13-24)56-26-9-3-1-4-10-26/h1,3-4,9-10,12-15,20-21,23,25,31H,2,5-8,11,16-19,22H2,(H2,43,44,45)(H,46,51,53)/t25-,31?/m1/s1. The number of unbranched alkanes of at least 4 members (excludes halogenated alkanes) is 2. The third-order valence-corrected chi connectivity index (χ3v) is 11.6. The lowest BCUT2D eigenvalue weighted by Gasteiger charge is -2.33. The third-order valence-electron chi connectivity index (χ3n) is 10.5. The first kappa shape index (κ1) is 37.7. The minimum atomic E-state index is -1.16. The van der Waals surface area contributed by atoms with Gasteiger partial charge >= 0.3 is 0 Å².